The monoisotopic (exact) mass is 515 g/mol. The van der Waals surface area contributed by atoms with Crippen molar-refractivity contribution in [3.63, 3.8) is 0 Å². The van der Waals surface area contributed by atoms with Gasteiger partial charge in [-0.05, 0) is 58.2 Å². The Balaban J connectivity index is 0.00000420. The summed E-state index contributed by atoms with van der Waals surface area (Å²) in [6.45, 7) is 15.7. The second-order valence-electron chi connectivity index (χ2n) is 7.81. The smallest absolute Gasteiger partial charge is 0.191 e. The molecule has 0 spiro atoms. The molecular formula is C23H42IN5. The van der Waals surface area contributed by atoms with Crippen molar-refractivity contribution in [3.8, 4) is 0 Å². The highest BCUT2D eigenvalue weighted by atomic mass is 127. The molecule has 1 aromatic rings. The number of nitrogens with one attached hydrogen (secondary N) is 2. The summed E-state index contributed by atoms with van der Waals surface area (Å²) in [4.78, 5) is 9.92. The van der Waals surface area contributed by atoms with E-state index in [1.54, 1.807) is 0 Å². The van der Waals surface area contributed by atoms with E-state index in [-0.39, 0.29) is 24.0 Å². The van der Waals surface area contributed by atoms with E-state index in [9.17, 15) is 0 Å². The van der Waals surface area contributed by atoms with Crippen LogP contribution in [0.25, 0.3) is 0 Å². The van der Waals surface area contributed by atoms with Gasteiger partial charge in [-0.15, -0.1) is 24.0 Å². The molecule has 1 unspecified atom stereocenters. The molecule has 0 amide bonds. The van der Waals surface area contributed by atoms with Crippen LogP contribution in [-0.4, -0.2) is 74.2 Å². The molecule has 1 aliphatic heterocycles. The Kier molecular flexibility index (Phi) is 14.4. The summed E-state index contributed by atoms with van der Waals surface area (Å²) in [6, 6.07) is 11.1. The number of guanidine groups is 1. The first-order valence-corrected chi connectivity index (χ1v) is 11.2. The van der Waals surface area contributed by atoms with Crippen molar-refractivity contribution in [1.29, 1.82) is 0 Å². The normalized spacial score (nSPS) is 16.9. The lowest BCUT2D eigenvalue weighted by Crippen LogP contribution is -2.46. The SMILES string of the molecule is CCNC(=NCCCCN1CCN(CC)CC1)NC(C)CCc1ccccc1.I. The summed E-state index contributed by atoms with van der Waals surface area (Å²) in [6.07, 6.45) is 4.60. The average Bonchev–Trinajstić information content (AvgIpc) is 2.73. The molecule has 2 N–H and O–H groups in total. The van der Waals surface area contributed by atoms with Crippen LogP contribution in [0.3, 0.4) is 0 Å². The molecule has 166 valence electrons. The summed E-state index contributed by atoms with van der Waals surface area (Å²) in [7, 11) is 0. The maximum atomic E-state index is 4.78. The predicted octanol–water partition coefficient (Wildman–Crippen LogP) is 3.60. The number of hydrogen-bond donors (Lipinski definition) is 2. The number of halogens is 1. The van der Waals surface area contributed by atoms with Crippen LogP contribution in [0.5, 0.6) is 0 Å². The number of benzene rings is 1. The minimum absolute atomic E-state index is 0. The number of nitrogens with zero attached hydrogens (tertiary/aromatic N) is 3. The highest BCUT2D eigenvalue weighted by molar-refractivity contribution is 14.0. The van der Waals surface area contributed by atoms with Crippen LogP contribution in [0.4, 0.5) is 0 Å². The number of rotatable bonds is 11. The first-order chi connectivity index (χ1) is 13.7. The number of likely N-dealkylation sites (N-methyl/N-ethyl adjacent to an activating group) is 1. The lowest BCUT2D eigenvalue weighted by atomic mass is 10.1. The molecule has 5 nitrogen and oxygen atoms in total. The van der Waals surface area contributed by atoms with E-state index >= 15 is 0 Å². The van der Waals surface area contributed by atoms with Crippen LogP contribution >= 0.6 is 24.0 Å². The van der Waals surface area contributed by atoms with Crippen LogP contribution < -0.4 is 10.6 Å². The summed E-state index contributed by atoms with van der Waals surface area (Å²) in [5.74, 6) is 0.958. The summed E-state index contributed by atoms with van der Waals surface area (Å²) < 4.78 is 0. The maximum Gasteiger partial charge on any atom is 0.191 e. The quantitative estimate of drug-likeness (QED) is 0.205. The zero-order chi connectivity index (χ0) is 20.0. The Hall–Kier alpha value is -0.860. The fourth-order valence-corrected chi connectivity index (χ4v) is 3.62. The third kappa shape index (κ3) is 11.2. The molecule has 1 atom stereocenters. The largest absolute Gasteiger partial charge is 0.357 e. The van der Waals surface area contributed by atoms with E-state index in [2.05, 4.69) is 71.5 Å². The first-order valence-electron chi connectivity index (χ1n) is 11.2. The highest BCUT2D eigenvalue weighted by Crippen LogP contribution is 2.05. The molecule has 0 bridgehead atoms. The van der Waals surface area contributed by atoms with E-state index in [0.717, 1.165) is 38.3 Å². The molecule has 6 heteroatoms. The van der Waals surface area contributed by atoms with Gasteiger partial charge in [-0.2, -0.15) is 0 Å². The second kappa shape index (κ2) is 15.9. The second-order valence-corrected chi connectivity index (χ2v) is 7.81. The van der Waals surface area contributed by atoms with Gasteiger partial charge >= 0.3 is 0 Å². The molecule has 1 fully saturated rings. The molecule has 2 rings (SSSR count). The van der Waals surface area contributed by atoms with Crippen molar-refractivity contribution in [2.24, 2.45) is 4.99 Å². The van der Waals surface area contributed by atoms with Crippen molar-refractivity contribution >= 4 is 29.9 Å². The van der Waals surface area contributed by atoms with Crippen LogP contribution in [-0.2, 0) is 6.42 Å². The van der Waals surface area contributed by atoms with Gasteiger partial charge in [0, 0.05) is 45.3 Å². The Morgan fingerprint density at radius 2 is 1.72 bits per heavy atom. The van der Waals surface area contributed by atoms with Gasteiger partial charge in [0.25, 0.3) is 0 Å². The minimum atomic E-state index is 0. The zero-order valence-electron chi connectivity index (χ0n) is 18.7. The number of piperazine rings is 1. The van der Waals surface area contributed by atoms with Gasteiger partial charge < -0.3 is 20.4 Å². The van der Waals surface area contributed by atoms with Crippen molar-refractivity contribution < 1.29 is 0 Å². The van der Waals surface area contributed by atoms with E-state index in [4.69, 9.17) is 4.99 Å². The third-order valence-corrected chi connectivity index (χ3v) is 5.50. The summed E-state index contributed by atoms with van der Waals surface area (Å²) in [5.41, 5.74) is 1.40. The lowest BCUT2D eigenvalue weighted by molar-refractivity contribution is 0.136. The predicted molar refractivity (Wildman–Crippen MR) is 137 cm³/mol. The first kappa shape index (κ1) is 26.2. The number of unbranched alkanes of at least 4 members (excludes halogenated alkanes) is 1. The van der Waals surface area contributed by atoms with Gasteiger partial charge in [-0.3, -0.25) is 4.99 Å². The Morgan fingerprint density at radius 3 is 2.38 bits per heavy atom. The Labute approximate surface area is 195 Å². The summed E-state index contributed by atoms with van der Waals surface area (Å²) in [5, 5.41) is 6.95. The van der Waals surface area contributed by atoms with Gasteiger partial charge in [0.1, 0.15) is 0 Å². The number of hydrogen-bond acceptors (Lipinski definition) is 3. The molecule has 0 radical (unpaired) electrons. The van der Waals surface area contributed by atoms with E-state index < -0.39 is 0 Å². The Morgan fingerprint density at radius 1 is 1.03 bits per heavy atom. The molecule has 29 heavy (non-hydrogen) atoms. The zero-order valence-corrected chi connectivity index (χ0v) is 21.0. The molecule has 0 aromatic heterocycles. The fourth-order valence-electron chi connectivity index (χ4n) is 3.62. The van der Waals surface area contributed by atoms with E-state index in [0.29, 0.717) is 6.04 Å². The van der Waals surface area contributed by atoms with E-state index in [1.807, 2.05) is 0 Å². The van der Waals surface area contributed by atoms with Gasteiger partial charge in [-0.1, -0.05) is 37.3 Å². The van der Waals surface area contributed by atoms with Crippen LogP contribution in [0.2, 0.25) is 0 Å². The van der Waals surface area contributed by atoms with Gasteiger partial charge in [0.05, 0.1) is 0 Å². The fraction of sp³-hybridized carbons (Fsp3) is 0.696. The third-order valence-electron chi connectivity index (χ3n) is 5.50. The van der Waals surface area contributed by atoms with Gasteiger partial charge in [-0.25, -0.2) is 0 Å². The number of aliphatic imine (C=N–C) groups is 1. The topological polar surface area (TPSA) is 42.9 Å². The standard InChI is InChI=1S/C23H41N5.HI/c1-4-24-23(26-21(3)13-14-22-11-7-6-8-12-22)25-15-9-10-16-28-19-17-27(5-2)18-20-28;/h6-8,11-12,21H,4-5,9-10,13-20H2,1-3H3,(H2,24,25,26);1H. The van der Waals surface area contributed by atoms with Gasteiger partial charge in [0.2, 0.25) is 0 Å². The number of aryl methyl sites for hydroxylation is 1. The van der Waals surface area contributed by atoms with Crippen LogP contribution in [0.15, 0.2) is 35.3 Å². The van der Waals surface area contributed by atoms with Crippen LogP contribution in [0.1, 0.15) is 45.6 Å². The molecule has 1 heterocycles. The minimum Gasteiger partial charge on any atom is -0.357 e. The molecule has 0 aliphatic carbocycles. The Bertz CT molecular complexity index is 543. The van der Waals surface area contributed by atoms with Crippen LogP contribution in [0, 0.1) is 0 Å². The lowest BCUT2D eigenvalue weighted by Gasteiger charge is -2.33. The molecule has 1 aliphatic rings. The van der Waals surface area contributed by atoms with Crippen molar-refractivity contribution in [3.05, 3.63) is 35.9 Å². The molecule has 1 saturated heterocycles. The van der Waals surface area contributed by atoms with Crippen molar-refractivity contribution in [2.75, 3.05) is 52.4 Å². The van der Waals surface area contributed by atoms with Crippen molar-refractivity contribution in [2.45, 2.75) is 52.5 Å². The molecular weight excluding hydrogens is 473 g/mol. The van der Waals surface area contributed by atoms with Crippen molar-refractivity contribution in [1.82, 2.24) is 20.4 Å². The van der Waals surface area contributed by atoms with E-state index in [1.165, 1.54) is 51.3 Å². The summed E-state index contributed by atoms with van der Waals surface area (Å²) >= 11 is 0. The highest BCUT2D eigenvalue weighted by Gasteiger charge is 2.14. The maximum absolute atomic E-state index is 4.78. The van der Waals surface area contributed by atoms with Gasteiger partial charge in [0.15, 0.2) is 5.96 Å². The molecule has 1 aromatic carbocycles. The molecule has 0 saturated carbocycles. The average molecular weight is 516 g/mol.